The minimum atomic E-state index is 0.384. The topological polar surface area (TPSA) is 86.1 Å². The fourth-order valence-electron chi connectivity index (χ4n) is 2.74. The van der Waals surface area contributed by atoms with Crippen LogP contribution in [0.1, 0.15) is 6.42 Å². The lowest BCUT2D eigenvalue weighted by Crippen LogP contribution is -2.01. The zero-order chi connectivity index (χ0) is 17.1. The Bertz CT molecular complexity index is 925. The molecule has 3 aromatic rings. The Morgan fingerprint density at radius 2 is 1.92 bits per heavy atom. The number of fused-ring (bicyclic) bond motifs is 1. The average Bonchev–Trinajstić information content (AvgIpc) is 2.96. The summed E-state index contributed by atoms with van der Waals surface area (Å²) >= 11 is 0. The van der Waals surface area contributed by atoms with Gasteiger partial charge in [-0.15, -0.1) is 0 Å². The number of aromatic nitrogens is 2. The predicted molar refractivity (Wildman–Crippen MR) is 92.9 cm³/mol. The Morgan fingerprint density at radius 3 is 2.58 bits per heavy atom. The Hall–Kier alpha value is -3.20. The van der Waals surface area contributed by atoms with Crippen molar-refractivity contribution in [1.82, 2.24) is 9.55 Å². The molecule has 0 radical (unpaired) electrons. The molecule has 24 heavy (non-hydrogen) atoms. The molecule has 6 nitrogen and oxygen atoms in total. The van der Waals surface area contributed by atoms with Crippen molar-refractivity contribution >= 4 is 16.7 Å². The van der Waals surface area contributed by atoms with Gasteiger partial charge in [-0.1, -0.05) is 12.1 Å². The van der Waals surface area contributed by atoms with Crippen molar-refractivity contribution in [2.45, 2.75) is 13.0 Å². The summed E-state index contributed by atoms with van der Waals surface area (Å²) in [4.78, 5) is 4.72. The van der Waals surface area contributed by atoms with E-state index in [4.69, 9.17) is 25.5 Å². The van der Waals surface area contributed by atoms with Crippen molar-refractivity contribution in [3.05, 3.63) is 36.4 Å². The Balaban J connectivity index is 2.26. The Labute approximate surface area is 140 Å². The summed E-state index contributed by atoms with van der Waals surface area (Å²) in [5.41, 5.74) is 9.14. The monoisotopic (exact) mass is 322 g/mol. The van der Waals surface area contributed by atoms with Crippen molar-refractivity contribution in [1.29, 1.82) is 5.26 Å². The molecule has 6 heteroatoms. The largest absolute Gasteiger partial charge is 0.493 e. The van der Waals surface area contributed by atoms with Gasteiger partial charge in [0.15, 0.2) is 11.5 Å². The highest BCUT2D eigenvalue weighted by molar-refractivity contribution is 5.84. The van der Waals surface area contributed by atoms with Gasteiger partial charge in [0.1, 0.15) is 5.82 Å². The van der Waals surface area contributed by atoms with Crippen LogP contribution in [-0.4, -0.2) is 23.8 Å². The number of nitrogens with two attached hydrogens (primary N) is 1. The van der Waals surface area contributed by atoms with Crippen molar-refractivity contribution in [3.8, 4) is 29.0 Å². The van der Waals surface area contributed by atoms with Crippen molar-refractivity contribution in [2.24, 2.45) is 0 Å². The summed E-state index contributed by atoms with van der Waals surface area (Å²) in [5.74, 6) is 2.01. The molecule has 3 rings (SSSR count). The van der Waals surface area contributed by atoms with E-state index < -0.39 is 0 Å². The smallest absolute Gasteiger partial charge is 0.163 e. The quantitative estimate of drug-likeness (QED) is 0.729. The van der Waals surface area contributed by atoms with Crippen LogP contribution in [0.15, 0.2) is 36.4 Å². The first-order chi connectivity index (χ1) is 11.7. The lowest BCUT2D eigenvalue weighted by Gasteiger charge is -2.10. The van der Waals surface area contributed by atoms with Crippen molar-refractivity contribution in [2.75, 3.05) is 20.0 Å². The third-order valence-electron chi connectivity index (χ3n) is 3.85. The number of nitrogens with zero attached hydrogens (tertiary/aromatic N) is 3. The summed E-state index contributed by atoms with van der Waals surface area (Å²) in [6, 6.07) is 13.5. The van der Waals surface area contributed by atoms with Crippen LogP contribution in [0.3, 0.4) is 0 Å². The highest BCUT2D eigenvalue weighted by atomic mass is 16.5. The number of ether oxygens (including phenoxy) is 2. The molecule has 2 N–H and O–H groups in total. The molecule has 2 aromatic carbocycles. The van der Waals surface area contributed by atoms with Crippen molar-refractivity contribution < 1.29 is 9.47 Å². The second kappa shape index (κ2) is 6.50. The van der Waals surface area contributed by atoms with E-state index >= 15 is 0 Å². The number of anilines is 1. The zero-order valence-electron chi connectivity index (χ0n) is 13.6. The van der Waals surface area contributed by atoms with Crippen LogP contribution in [0.5, 0.6) is 11.5 Å². The van der Waals surface area contributed by atoms with E-state index in [1.54, 1.807) is 14.2 Å². The van der Waals surface area contributed by atoms with Gasteiger partial charge in [-0.25, -0.2) is 4.98 Å². The molecule has 0 aliphatic heterocycles. The summed E-state index contributed by atoms with van der Waals surface area (Å²) in [6.07, 6.45) is 0.384. The predicted octanol–water partition coefficient (Wildman–Crippen LogP) is 3.22. The number of hydrogen-bond acceptors (Lipinski definition) is 5. The first-order valence-corrected chi connectivity index (χ1v) is 7.53. The van der Waals surface area contributed by atoms with E-state index in [1.807, 2.05) is 41.0 Å². The van der Waals surface area contributed by atoms with Gasteiger partial charge in [-0.3, -0.25) is 0 Å². The van der Waals surface area contributed by atoms with E-state index in [-0.39, 0.29) is 0 Å². The highest BCUT2D eigenvalue weighted by Crippen LogP contribution is 2.34. The third kappa shape index (κ3) is 2.72. The summed E-state index contributed by atoms with van der Waals surface area (Å²) in [6.45, 7) is 0.534. The third-order valence-corrected chi connectivity index (χ3v) is 3.85. The molecule has 0 bridgehead atoms. The molecule has 1 heterocycles. The number of nitriles is 1. The highest BCUT2D eigenvalue weighted by Gasteiger charge is 2.16. The molecule has 122 valence electrons. The minimum Gasteiger partial charge on any atom is -0.493 e. The number of hydrogen-bond donors (Lipinski definition) is 1. The lowest BCUT2D eigenvalue weighted by atomic mass is 10.2. The first-order valence-electron chi connectivity index (χ1n) is 7.53. The Morgan fingerprint density at radius 1 is 1.17 bits per heavy atom. The molecule has 0 aliphatic carbocycles. The molecular formula is C18H18N4O2. The van der Waals surface area contributed by atoms with E-state index in [1.165, 1.54) is 0 Å². The second-order valence-electron chi connectivity index (χ2n) is 5.32. The molecular weight excluding hydrogens is 304 g/mol. The Kier molecular flexibility index (Phi) is 4.25. The number of aryl methyl sites for hydroxylation is 1. The van der Waals surface area contributed by atoms with Crippen LogP contribution in [-0.2, 0) is 6.54 Å². The maximum absolute atomic E-state index is 8.98. The van der Waals surface area contributed by atoms with E-state index in [9.17, 15) is 0 Å². The van der Waals surface area contributed by atoms with Crippen molar-refractivity contribution in [3.63, 3.8) is 0 Å². The summed E-state index contributed by atoms with van der Waals surface area (Å²) in [7, 11) is 3.19. The minimum absolute atomic E-state index is 0.384. The fraction of sp³-hybridized carbons (Fsp3) is 0.222. The molecule has 0 atom stereocenters. The maximum Gasteiger partial charge on any atom is 0.163 e. The molecule has 0 fully saturated rings. The van der Waals surface area contributed by atoms with Gasteiger partial charge in [-0.05, 0) is 12.1 Å². The van der Waals surface area contributed by atoms with Crippen LogP contribution in [0.25, 0.3) is 22.4 Å². The normalized spacial score (nSPS) is 10.5. The number of imidazole rings is 1. The molecule has 1 aromatic heterocycles. The zero-order valence-corrected chi connectivity index (χ0v) is 13.6. The second-order valence-corrected chi connectivity index (χ2v) is 5.32. The molecule has 0 unspecified atom stereocenters. The standard InChI is InChI=1S/C18H18N4O2/c1-23-16-10-14-15(11-17(16)24-2)22(8-4-7-19)18(21-14)12-5-3-6-13(20)9-12/h3,5-6,9-11H,4,8,20H2,1-2H3. The van der Waals surface area contributed by atoms with Gasteiger partial charge >= 0.3 is 0 Å². The van der Waals surface area contributed by atoms with Crippen LogP contribution < -0.4 is 15.2 Å². The molecule has 0 aliphatic rings. The van der Waals surface area contributed by atoms with Crippen LogP contribution >= 0.6 is 0 Å². The van der Waals surface area contributed by atoms with E-state index in [2.05, 4.69) is 6.07 Å². The maximum atomic E-state index is 8.98. The number of benzene rings is 2. The van der Waals surface area contributed by atoms with Gasteiger partial charge in [0.05, 0.1) is 37.7 Å². The number of rotatable bonds is 5. The molecule has 0 spiro atoms. The van der Waals surface area contributed by atoms with Gasteiger partial charge in [0.25, 0.3) is 0 Å². The average molecular weight is 322 g/mol. The fourth-order valence-corrected chi connectivity index (χ4v) is 2.74. The SMILES string of the molecule is COc1cc2nc(-c3cccc(N)c3)n(CCC#N)c2cc1OC. The van der Waals surface area contributed by atoms with Gasteiger partial charge in [-0.2, -0.15) is 5.26 Å². The van der Waals surface area contributed by atoms with E-state index in [0.717, 1.165) is 22.4 Å². The van der Waals surface area contributed by atoms with Gasteiger partial charge in [0.2, 0.25) is 0 Å². The van der Waals surface area contributed by atoms with Crippen LogP contribution in [0, 0.1) is 11.3 Å². The molecule has 0 saturated heterocycles. The van der Waals surface area contributed by atoms with Crippen LogP contribution in [0.4, 0.5) is 5.69 Å². The molecule has 0 amide bonds. The first kappa shape index (κ1) is 15.7. The molecule has 0 saturated carbocycles. The van der Waals surface area contributed by atoms with Crippen LogP contribution in [0.2, 0.25) is 0 Å². The van der Waals surface area contributed by atoms with Gasteiger partial charge in [0, 0.05) is 29.9 Å². The lowest BCUT2D eigenvalue weighted by molar-refractivity contribution is 0.355. The van der Waals surface area contributed by atoms with Gasteiger partial charge < -0.3 is 19.8 Å². The summed E-state index contributed by atoms with van der Waals surface area (Å²) in [5, 5.41) is 8.98. The number of methoxy groups -OCH3 is 2. The number of nitrogen functional groups attached to an aromatic ring is 1. The van der Waals surface area contributed by atoms with E-state index in [0.29, 0.717) is 30.2 Å². The summed E-state index contributed by atoms with van der Waals surface area (Å²) < 4.78 is 12.7.